The number of hydrogen-bond donors (Lipinski definition) is 1. The van der Waals surface area contributed by atoms with Gasteiger partial charge in [0.1, 0.15) is 11.6 Å². The van der Waals surface area contributed by atoms with Crippen molar-refractivity contribution in [2.75, 3.05) is 31.1 Å². The summed E-state index contributed by atoms with van der Waals surface area (Å²) < 4.78 is 39.6. The van der Waals surface area contributed by atoms with Gasteiger partial charge in [0.25, 0.3) is 0 Å². The molecule has 1 atom stereocenters. The van der Waals surface area contributed by atoms with Gasteiger partial charge in [0.15, 0.2) is 0 Å². The zero-order valence-electron chi connectivity index (χ0n) is 17.0. The number of alkyl halides is 3. The summed E-state index contributed by atoms with van der Waals surface area (Å²) >= 11 is 0. The summed E-state index contributed by atoms with van der Waals surface area (Å²) in [6, 6.07) is 5.85. The van der Waals surface area contributed by atoms with Crippen LogP contribution in [0.2, 0.25) is 0 Å². The van der Waals surface area contributed by atoms with Crippen LogP contribution in [0.15, 0.2) is 24.3 Å². The summed E-state index contributed by atoms with van der Waals surface area (Å²) in [6.45, 7) is 3.45. The highest BCUT2D eigenvalue weighted by molar-refractivity contribution is 5.52. The maximum atomic E-state index is 13.2. The molecule has 1 saturated carbocycles. The maximum absolute atomic E-state index is 13.2. The van der Waals surface area contributed by atoms with Gasteiger partial charge in [-0.05, 0) is 50.3 Å². The van der Waals surface area contributed by atoms with Crippen molar-refractivity contribution >= 4 is 5.82 Å². The molecule has 0 amide bonds. The maximum Gasteiger partial charge on any atom is 0.416 e. The van der Waals surface area contributed by atoms with Crippen LogP contribution in [0.1, 0.15) is 65.7 Å². The van der Waals surface area contributed by atoms with E-state index in [-0.39, 0.29) is 5.92 Å². The van der Waals surface area contributed by atoms with Crippen LogP contribution in [-0.4, -0.2) is 36.1 Å². The van der Waals surface area contributed by atoms with Gasteiger partial charge < -0.3 is 10.2 Å². The molecular formula is C23H27F3N4. The molecule has 5 rings (SSSR count). The van der Waals surface area contributed by atoms with E-state index in [1.165, 1.54) is 17.7 Å². The van der Waals surface area contributed by atoms with Crippen molar-refractivity contribution in [3.8, 4) is 0 Å². The number of nitrogens with zero attached hydrogens (tertiary/aromatic N) is 3. The molecule has 1 aromatic heterocycles. The first-order valence-electron chi connectivity index (χ1n) is 11.0. The third-order valence-electron chi connectivity index (χ3n) is 6.53. The molecule has 1 unspecified atom stereocenters. The van der Waals surface area contributed by atoms with Gasteiger partial charge in [0.2, 0.25) is 0 Å². The number of piperidine rings is 1. The quantitative estimate of drug-likeness (QED) is 0.803. The fourth-order valence-electron chi connectivity index (χ4n) is 4.74. The van der Waals surface area contributed by atoms with Crippen LogP contribution in [-0.2, 0) is 19.0 Å². The first-order chi connectivity index (χ1) is 14.5. The number of rotatable bonds is 3. The number of nitrogens with one attached hydrogen (secondary N) is 1. The molecule has 2 aliphatic heterocycles. The number of anilines is 1. The largest absolute Gasteiger partial charge is 0.416 e. The fourth-order valence-corrected chi connectivity index (χ4v) is 4.74. The average molecular weight is 416 g/mol. The van der Waals surface area contributed by atoms with Crippen LogP contribution in [0, 0.1) is 0 Å². The first-order valence-corrected chi connectivity index (χ1v) is 11.0. The van der Waals surface area contributed by atoms with Crippen LogP contribution >= 0.6 is 0 Å². The Kier molecular flexibility index (Phi) is 5.17. The number of halogens is 3. The highest BCUT2D eigenvalue weighted by atomic mass is 19.4. The topological polar surface area (TPSA) is 41.1 Å². The van der Waals surface area contributed by atoms with E-state index >= 15 is 0 Å². The third kappa shape index (κ3) is 4.04. The number of hydrogen-bond acceptors (Lipinski definition) is 4. The van der Waals surface area contributed by atoms with Crippen LogP contribution in [0.3, 0.4) is 0 Å². The molecule has 1 aliphatic carbocycles. The molecule has 7 heteroatoms. The Morgan fingerprint density at radius 1 is 1.00 bits per heavy atom. The van der Waals surface area contributed by atoms with Gasteiger partial charge in [-0.15, -0.1) is 0 Å². The Hall–Kier alpha value is -2.15. The second-order valence-corrected chi connectivity index (χ2v) is 8.76. The van der Waals surface area contributed by atoms with Crippen molar-refractivity contribution in [2.45, 2.75) is 56.5 Å². The standard InChI is InChI=1S/C23H27F3N4/c24-23(25,26)18-5-1-3-16(13-18)17-4-2-12-30(14-17)22-19-8-10-27-11-9-20(19)28-21(29-22)15-6-7-15/h1,3,5,13,15,17,27H,2,4,6-12,14H2. The lowest BCUT2D eigenvalue weighted by Crippen LogP contribution is -2.36. The van der Waals surface area contributed by atoms with Crippen molar-refractivity contribution in [3.63, 3.8) is 0 Å². The van der Waals surface area contributed by atoms with Crippen LogP contribution in [0.4, 0.5) is 19.0 Å². The molecule has 3 aliphatic rings. The highest BCUT2D eigenvalue weighted by Crippen LogP contribution is 2.41. The molecule has 2 fully saturated rings. The van der Waals surface area contributed by atoms with E-state index < -0.39 is 11.7 Å². The summed E-state index contributed by atoms with van der Waals surface area (Å²) in [5.41, 5.74) is 2.61. The van der Waals surface area contributed by atoms with Crippen molar-refractivity contribution in [1.29, 1.82) is 0 Å². The van der Waals surface area contributed by atoms with Gasteiger partial charge in [0, 0.05) is 43.5 Å². The summed E-state index contributed by atoms with van der Waals surface area (Å²) in [5.74, 6) is 2.56. The number of aromatic nitrogens is 2. The lowest BCUT2D eigenvalue weighted by molar-refractivity contribution is -0.137. The molecule has 3 heterocycles. The Bertz CT molecular complexity index is 923. The summed E-state index contributed by atoms with van der Waals surface area (Å²) in [6.07, 6.45) is 1.68. The van der Waals surface area contributed by atoms with E-state index in [9.17, 15) is 13.2 Å². The van der Waals surface area contributed by atoms with E-state index in [1.807, 2.05) is 6.07 Å². The predicted octanol–water partition coefficient (Wildman–Crippen LogP) is 4.45. The Morgan fingerprint density at radius 2 is 1.83 bits per heavy atom. The predicted molar refractivity (Wildman–Crippen MR) is 110 cm³/mol. The smallest absolute Gasteiger partial charge is 0.356 e. The fraction of sp³-hybridized carbons (Fsp3) is 0.565. The van der Waals surface area contributed by atoms with E-state index in [2.05, 4.69) is 10.2 Å². The zero-order chi connectivity index (χ0) is 20.7. The normalized spacial score (nSPS) is 22.5. The van der Waals surface area contributed by atoms with E-state index in [0.29, 0.717) is 12.5 Å². The van der Waals surface area contributed by atoms with Crippen molar-refractivity contribution in [3.05, 3.63) is 52.5 Å². The molecule has 2 aromatic rings. The molecule has 160 valence electrons. The summed E-state index contributed by atoms with van der Waals surface area (Å²) in [7, 11) is 0. The monoisotopic (exact) mass is 416 g/mol. The van der Waals surface area contributed by atoms with Crippen LogP contribution < -0.4 is 10.2 Å². The Balaban J connectivity index is 1.46. The molecule has 4 nitrogen and oxygen atoms in total. The van der Waals surface area contributed by atoms with Crippen molar-refractivity contribution in [1.82, 2.24) is 15.3 Å². The lowest BCUT2D eigenvalue weighted by atomic mass is 9.89. The molecule has 1 saturated heterocycles. The zero-order valence-corrected chi connectivity index (χ0v) is 17.0. The van der Waals surface area contributed by atoms with Gasteiger partial charge in [-0.3, -0.25) is 0 Å². The molecular weight excluding hydrogens is 389 g/mol. The van der Waals surface area contributed by atoms with Crippen molar-refractivity contribution in [2.24, 2.45) is 0 Å². The molecule has 30 heavy (non-hydrogen) atoms. The van der Waals surface area contributed by atoms with Gasteiger partial charge in [-0.25, -0.2) is 9.97 Å². The highest BCUT2D eigenvalue weighted by Gasteiger charge is 2.33. The molecule has 1 aromatic carbocycles. The molecule has 0 radical (unpaired) electrons. The summed E-state index contributed by atoms with van der Waals surface area (Å²) in [5, 5.41) is 3.45. The van der Waals surface area contributed by atoms with Crippen molar-refractivity contribution < 1.29 is 13.2 Å². The van der Waals surface area contributed by atoms with Gasteiger partial charge in [-0.2, -0.15) is 13.2 Å². The van der Waals surface area contributed by atoms with Crippen LogP contribution in [0.25, 0.3) is 0 Å². The van der Waals surface area contributed by atoms with Gasteiger partial charge >= 0.3 is 6.18 Å². The van der Waals surface area contributed by atoms with E-state index in [4.69, 9.17) is 9.97 Å². The van der Waals surface area contributed by atoms with Gasteiger partial charge in [-0.1, -0.05) is 18.2 Å². The minimum Gasteiger partial charge on any atom is -0.356 e. The Morgan fingerprint density at radius 3 is 2.63 bits per heavy atom. The second kappa shape index (κ2) is 7.84. The van der Waals surface area contributed by atoms with E-state index in [0.717, 1.165) is 87.1 Å². The Labute approximate surface area is 174 Å². The molecule has 0 bridgehead atoms. The van der Waals surface area contributed by atoms with E-state index in [1.54, 1.807) is 0 Å². The van der Waals surface area contributed by atoms with Crippen LogP contribution in [0.5, 0.6) is 0 Å². The molecule has 0 spiro atoms. The summed E-state index contributed by atoms with van der Waals surface area (Å²) in [4.78, 5) is 12.2. The third-order valence-corrected chi connectivity index (χ3v) is 6.53. The molecule has 1 N–H and O–H groups in total. The number of fused-ring (bicyclic) bond motifs is 1. The lowest BCUT2D eigenvalue weighted by Gasteiger charge is -2.35. The average Bonchev–Trinajstić information content (AvgIpc) is 3.59. The number of benzene rings is 1. The van der Waals surface area contributed by atoms with Gasteiger partial charge in [0.05, 0.1) is 11.3 Å². The SMILES string of the molecule is FC(F)(F)c1cccc(C2CCCN(c3nc(C4CC4)nc4c3CCNCC4)C2)c1. The minimum absolute atomic E-state index is 0.0833. The minimum atomic E-state index is -4.31. The first kappa shape index (κ1) is 19.8. The second-order valence-electron chi connectivity index (χ2n) is 8.76.